The highest BCUT2D eigenvalue weighted by atomic mass is 32.1. The molecule has 0 saturated heterocycles. The minimum Gasteiger partial charge on any atom is -0.300 e. The van der Waals surface area contributed by atoms with Gasteiger partial charge in [0.2, 0.25) is 11.0 Å². The Hall–Kier alpha value is -2.12. The van der Waals surface area contributed by atoms with E-state index in [1.807, 2.05) is 31.4 Å². The van der Waals surface area contributed by atoms with E-state index in [1.165, 1.54) is 16.9 Å². The zero-order valence-electron chi connectivity index (χ0n) is 13.7. The van der Waals surface area contributed by atoms with Crippen LogP contribution >= 0.6 is 22.7 Å². The number of carbonyl (C=O) groups is 1. The number of amides is 1. The molecule has 3 rings (SSSR count). The maximum absolute atomic E-state index is 12.2. The van der Waals surface area contributed by atoms with Crippen LogP contribution in [0, 0.1) is 6.92 Å². The van der Waals surface area contributed by atoms with Crippen molar-refractivity contribution in [3.05, 3.63) is 45.9 Å². The van der Waals surface area contributed by atoms with Crippen molar-refractivity contribution in [3.8, 4) is 10.6 Å². The van der Waals surface area contributed by atoms with Crippen molar-refractivity contribution in [1.29, 1.82) is 0 Å². The molecular weight excluding hydrogens is 340 g/mol. The van der Waals surface area contributed by atoms with E-state index in [4.69, 9.17) is 0 Å². The van der Waals surface area contributed by atoms with Gasteiger partial charge in [-0.2, -0.15) is 0 Å². The van der Waals surface area contributed by atoms with E-state index in [-0.39, 0.29) is 12.3 Å². The second-order valence-corrected chi connectivity index (χ2v) is 7.71. The van der Waals surface area contributed by atoms with E-state index in [0.29, 0.717) is 11.0 Å². The summed E-state index contributed by atoms with van der Waals surface area (Å²) in [5.41, 5.74) is 3.04. The van der Waals surface area contributed by atoms with E-state index in [9.17, 15) is 4.79 Å². The Morgan fingerprint density at radius 3 is 2.83 bits per heavy atom. The van der Waals surface area contributed by atoms with E-state index >= 15 is 0 Å². The monoisotopic (exact) mass is 358 g/mol. The highest BCUT2D eigenvalue weighted by Gasteiger charge is 2.13. The first-order valence-corrected chi connectivity index (χ1v) is 9.35. The average molecular weight is 358 g/mol. The van der Waals surface area contributed by atoms with Crippen molar-refractivity contribution >= 4 is 33.7 Å². The van der Waals surface area contributed by atoms with Crippen LogP contribution in [-0.4, -0.2) is 21.1 Å². The molecule has 0 radical (unpaired) electrons. The number of rotatable bonds is 5. The third-order valence-electron chi connectivity index (χ3n) is 3.34. The number of nitrogens with one attached hydrogen (secondary N) is 1. The second kappa shape index (κ2) is 7.19. The van der Waals surface area contributed by atoms with Crippen molar-refractivity contribution < 1.29 is 4.79 Å². The Balaban J connectivity index is 1.64. The maximum atomic E-state index is 12.2. The molecule has 2 aromatic heterocycles. The zero-order chi connectivity index (χ0) is 17.1. The molecule has 1 N–H and O–H groups in total. The lowest BCUT2D eigenvalue weighted by Crippen LogP contribution is -2.14. The first kappa shape index (κ1) is 16.7. The molecule has 0 fully saturated rings. The summed E-state index contributed by atoms with van der Waals surface area (Å²) in [6, 6.07) is 8.20. The summed E-state index contributed by atoms with van der Waals surface area (Å²) in [7, 11) is 0. The summed E-state index contributed by atoms with van der Waals surface area (Å²) < 4.78 is 0. The van der Waals surface area contributed by atoms with Gasteiger partial charge in [-0.1, -0.05) is 48.9 Å². The molecule has 1 amide bonds. The molecule has 0 saturated carbocycles. The van der Waals surface area contributed by atoms with Crippen LogP contribution in [0.3, 0.4) is 0 Å². The van der Waals surface area contributed by atoms with Gasteiger partial charge < -0.3 is 5.32 Å². The van der Waals surface area contributed by atoms with Gasteiger partial charge in [0.05, 0.1) is 12.1 Å². The summed E-state index contributed by atoms with van der Waals surface area (Å²) >= 11 is 2.96. The molecule has 0 aliphatic rings. The smallest absolute Gasteiger partial charge is 0.232 e. The molecule has 7 heteroatoms. The lowest BCUT2D eigenvalue weighted by atomic mass is 10.1. The lowest BCUT2D eigenvalue weighted by molar-refractivity contribution is -0.115. The average Bonchev–Trinajstić information content (AvgIpc) is 3.17. The maximum Gasteiger partial charge on any atom is 0.232 e. The molecule has 0 bridgehead atoms. The molecule has 3 aromatic rings. The van der Waals surface area contributed by atoms with Crippen LogP contribution in [0.1, 0.15) is 36.0 Å². The number of hydrogen-bond acceptors (Lipinski definition) is 6. The Morgan fingerprint density at radius 2 is 2.12 bits per heavy atom. The fraction of sp³-hybridized carbons (Fsp3) is 0.294. The number of hydrogen-bond donors (Lipinski definition) is 1. The Kier molecular flexibility index (Phi) is 5.01. The van der Waals surface area contributed by atoms with Gasteiger partial charge in [-0.25, -0.2) is 4.98 Å². The predicted molar refractivity (Wildman–Crippen MR) is 98.6 cm³/mol. The first-order valence-electron chi connectivity index (χ1n) is 7.66. The molecule has 2 heterocycles. The van der Waals surface area contributed by atoms with Gasteiger partial charge in [0, 0.05) is 16.9 Å². The minimum absolute atomic E-state index is 0.123. The number of benzene rings is 1. The van der Waals surface area contributed by atoms with Gasteiger partial charge in [0.25, 0.3) is 0 Å². The second-order valence-electron chi connectivity index (χ2n) is 5.84. The third kappa shape index (κ3) is 4.04. The summed E-state index contributed by atoms with van der Waals surface area (Å²) in [5.74, 6) is 0.186. The molecule has 0 aliphatic heterocycles. The number of carbonyl (C=O) groups excluding carboxylic acids is 1. The van der Waals surface area contributed by atoms with Crippen LogP contribution < -0.4 is 5.32 Å². The van der Waals surface area contributed by atoms with Gasteiger partial charge >= 0.3 is 0 Å². The number of anilines is 1. The molecule has 124 valence electrons. The van der Waals surface area contributed by atoms with Crippen molar-refractivity contribution in [2.45, 2.75) is 33.1 Å². The Labute approximate surface area is 148 Å². The zero-order valence-corrected chi connectivity index (χ0v) is 15.4. The molecule has 5 nitrogen and oxygen atoms in total. The van der Waals surface area contributed by atoms with Crippen molar-refractivity contribution in [2.24, 2.45) is 0 Å². The van der Waals surface area contributed by atoms with E-state index in [2.05, 4.69) is 39.6 Å². The minimum atomic E-state index is -0.123. The topological polar surface area (TPSA) is 67.8 Å². The van der Waals surface area contributed by atoms with E-state index < -0.39 is 0 Å². The Morgan fingerprint density at radius 1 is 1.29 bits per heavy atom. The van der Waals surface area contributed by atoms with Gasteiger partial charge in [-0.3, -0.25) is 4.79 Å². The molecule has 0 spiro atoms. The van der Waals surface area contributed by atoms with Crippen LogP contribution in [0.25, 0.3) is 10.6 Å². The van der Waals surface area contributed by atoms with Gasteiger partial charge in [-0.15, -0.1) is 21.5 Å². The highest BCUT2D eigenvalue weighted by molar-refractivity contribution is 7.15. The number of nitrogens with zero attached hydrogens (tertiary/aromatic N) is 3. The van der Waals surface area contributed by atoms with Crippen LogP contribution in [-0.2, 0) is 11.2 Å². The van der Waals surface area contributed by atoms with Crippen molar-refractivity contribution in [3.63, 3.8) is 0 Å². The van der Waals surface area contributed by atoms with E-state index in [1.54, 1.807) is 11.3 Å². The summed E-state index contributed by atoms with van der Waals surface area (Å²) in [5, 5.41) is 15.2. The fourth-order valence-corrected chi connectivity index (χ4v) is 3.72. The van der Waals surface area contributed by atoms with Crippen LogP contribution in [0.15, 0.2) is 29.6 Å². The summed E-state index contributed by atoms with van der Waals surface area (Å²) in [6.45, 7) is 6.15. The normalized spacial score (nSPS) is 11.0. The molecule has 24 heavy (non-hydrogen) atoms. The first-order chi connectivity index (χ1) is 11.5. The van der Waals surface area contributed by atoms with Crippen LogP contribution in [0.4, 0.5) is 5.13 Å². The van der Waals surface area contributed by atoms with E-state index in [0.717, 1.165) is 21.3 Å². The molecule has 0 aliphatic carbocycles. The van der Waals surface area contributed by atoms with Crippen molar-refractivity contribution in [1.82, 2.24) is 15.2 Å². The van der Waals surface area contributed by atoms with Crippen LogP contribution in [0.5, 0.6) is 0 Å². The number of aromatic nitrogens is 3. The SMILES string of the molecule is Cc1cccc(-c2nc(CC(=O)Nc3nnc(C(C)C)s3)cs2)c1. The van der Waals surface area contributed by atoms with Gasteiger partial charge in [0.15, 0.2) is 0 Å². The standard InChI is InChI=1S/C17H18N4OS2/c1-10(2)15-20-21-17(24-15)19-14(22)8-13-9-23-16(18-13)12-6-4-5-11(3)7-12/h4-7,9-10H,8H2,1-3H3,(H,19,21,22). The molecule has 1 aromatic carbocycles. The van der Waals surface area contributed by atoms with Gasteiger partial charge in [0.1, 0.15) is 10.0 Å². The van der Waals surface area contributed by atoms with Crippen molar-refractivity contribution in [2.75, 3.05) is 5.32 Å². The molecule has 0 atom stereocenters. The number of thiazole rings is 1. The lowest BCUT2D eigenvalue weighted by Gasteiger charge is -1.99. The van der Waals surface area contributed by atoms with Gasteiger partial charge in [-0.05, 0) is 13.0 Å². The third-order valence-corrected chi connectivity index (χ3v) is 5.42. The molecule has 0 unspecified atom stereocenters. The summed E-state index contributed by atoms with van der Waals surface area (Å²) in [6.07, 6.45) is 0.235. The summed E-state index contributed by atoms with van der Waals surface area (Å²) in [4.78, 5) is 16.7. The highest BCUT2D eigenvalue weighted by Crippen LogP contribution is 2.25. The quantitative estimate of drug-likeness (QED) is 0.739. The molecular formula is C17H18N4OS2. The Bertz CT molecular complexity index is 854. The fourth-order valence-electron chi connectivity index (χ4n) is 2.15. The largest absolute Gasteiger partial charge is 0.300 e. The predicted octanol–water partition coefficient (Wildman–Crippen LogP) is 4.27. The van der Waals surface area contributed by atoms with Crippen LogP contribution in [0.2, 0.25) is 0 Å². The number of aryl methyl sites for hydroxylation is 1.